The molecule has 0 aliphatic rings. The summed E-state index contributed by atoms with van der Waals surface area (Å²) in [5, 5.41) is 23.3. The molecule has 5 rings (SSSR count). The first kappa shape index (κ1) is 19.9. The quantitative estimate of drug-likeness (QED) is 0.184. The van der Waals surface area contributed by atoms with E-state index in [9.17, 15) is 10.1 Å². The second-order valence-electron chi connectivity index (χ2n) is 7.24. The van der Waals surface area contributed by atoms with Crippen molar-refractivity contribution in [2.75, 3.05) is 23.7 Å². The Balaban J connectivity index is 1.36. The lowest BCUT2D eigenvalue weighted by molar-refractivity contribution is -0.384. The highest BCUT2D eigenvalue weighted by Gasteiger charge is 2.15. The number of nitro benzene ring substituents is 1. The van der Waals surface area contributed by atoms with Crippen LogP contribution in [0.3, 0.4) is 0 Å². The third-order valence-electron chi connectivity index (χ3n) is 5.26. The van der Waals surface area contributed by atoms with Crippen molar-refractivity contribution < 1.29 is 4.92 Å². The van der Waals surface area contributed by atoms with E-state index in [0.717, 1.165) is 32.8 Å². The maximum Gasteiger partial charge on any atom is 0.270 e. The molecule has 2 heterocycles. The summed E-state index contributed by atoms with van der Waals surface area (Å²) in [5.74, 6) is 0.720. The predicted molar refractivity (Wildman–Crippen MR) is 130 cm³/mol. The fourth-order valence-electron chi connectivity index (χ4n) is 3.77. The van der Waals surface area contributed by atoms with Gasteiger partial charge in [-0.25, -0.2) is 9.97 Å². The van der Waals surface area contributed by atoms with Crippen molar-refractivity contribution in [3.05, 3.63) is 88.6 Å². The maximum absolute atomic E-state index is 11.2. The molecule has 158 valence electrons. The van der Waals surface area contributed by atoms with Gasteiger partial charge in [0.15, 0.2) is 0 Å². The number of non-ortho nitro benzene ring substituents is 1. The Labute approximate surface area is 187 Å². The summed E-state index contributed by atoms with van der Waals surface area (Å²) in [5.41, 5.74) is 2.81. The molecule has 0 fully saturated rings. The Kier molecular flexibility index (Phi) is 5.35. The molecule has 0 unspecified atom stereocenters. The van der Waals surface area contributed by atoms with Crippen LogP contribution in [0.1, 0.15) is 0 Å². The van der Waals surface area contributed by atoms with E-state index in [4.69, 9.17) is 0 Å². The normalized spacial score (nSPS) is 11.0. The number of benzene rings is 3. The molecule has 7 nitrogen and oxygen atoms in total. The fourth-order valence-corrected chi connectivity index (χ4v) is 4.68. The smallest absolute Gasteiger partial charge is 0.270 e. The Morgan fingerprint density at radius 1 is 0.938 bits per heavy atom. The van der Waals surface area contributed by atoms with Gasteiger partial charge < -0.3 is 10.6 Å². The summed E-state index contributed by atoms with van der Waals surface area (Å²) >= 11 is 1.50. The molecule has 2 N–H and O–H groups in total. The Morgan fingerprint density at radius 2 is 1.75 bits per heavy atom. The zero-order chi connectivity index (χ0) is 21.9. The van der Waals surface area contributed by atoms with E-state index in [1.165, 1.54) is 34.5 Å². The third-order valence-corrected chi connectivity index (χ3v) is 6.15. The predicted octanol–water partition coefficient (Wildman–Crippen LogP) is 5.94. The maximum atomic E-state index is 11.2. The van der Waals surface area contributed by atoms with Gasteiger partial charge >= 0.3 is 0 Å². The molecule has 0 aliphatic carbocycles. The van der Waals surface area contributed by atoms with Gasteiger partial charge in [0.1, 0.15) is 17.0 Å². The van der Waals surface area contributed by atoms with Crippen molar-refractivity contribution in [3.63, 3.8) is 0 Å². The van der Waals surface area contributed by atoms with Gasteiger partial charge in [0.25, 0.3) is 5.69 Å². The fraction of sp³-hybridized carbons (Fsp3) is 0.0833. The van der Waals surface area contributed by atoms with Crippen LogP contribution in [0.2, 0.25) is 0 Å². The van der Waals surface area contributed by atoms with Crippen LogP contribution < -0.4 is 10.6 Å². The average molecular weight is 442 g/mol. The summed E-state index contributed by atoms with van der Waals surface area (Å²) in [6.45, 7) is 1.36. The van der Waals surface area contributed by atoms with Gasteiger partial charge in [-0.1, -0.05) is 48.5 Å². The molecule has 32 heavy (non-hydrogen) atoms. The van der Waals surface area contributed by atoms with Gasteiger partial charge in [-0.05, 0) is 17.0 Å². The van der Waals surface area contributed by atoms with E-state index >= 15 is 0 Å². The van der Waals surface area contributed by atoms with Gasteiger partial charge in [-0.15, -0.1) is 11.3 Å². The Hall–Kier alpha value is -4.04. The molecule has 0 radical (unpaired) electrons. The van der Waals surface area contributed by atoms with Gasteiger partial charge in [-0.3, -0.25) is 10.1 Å². The van der Waals surface area contributed by atoms with E-state index in [1.807, 2.05) is 29.6 Å². The molecule has 2 aromatic heterocycles. The van der Waals surface area contributed by atoms with E-state index in [2.05, 4.69) is 44.9 Å². The monoisotopic (exact) mass is 441 g/mol. The number of rotatable bonds is 7. The summed E-state index contributed by atoms with van der Waals surface area (Å²) in [4.78, 5) is 20.5. The van der Waals surface area contributed by atoms with Crippen molar-refractivity contribution in [1.82, 2.24) is 9.97 Å². The SMILES string of the molecule is O=[N+]([O-])c1cccc(-c2csc3ncnc(NCCNc4cccc5ccccc45)c23)c1. The molecular formula is C24H19N5O2S. The summed E-state index contributed by atoms with van der Waals surface area (Å²) in [7, 11) is 0. The van der Waals surface area contributed by atoms with Crippen molar-refractivity contribution in [1.29, 1.82) is 0 Å². The third kappa shape index (κ3) is 3.83. The van der Waals surface area contributed by atoms with Crippen molar-refractivity contribution in [2.45, 2.75) is 0 Å². The highest BCUT2D eigenvalue weighted by atomic mass is 32.1. The number of nitrogens with one attached hydrogen (secondary N) is 2. The van der Waals surface area contributed by atoms with Crippen molar-refractivity contribution in [2.24, 2.45) is 0 Å². The lowest BCUT2D eigenvalue weighted by Crippen LogP contribution is -2.14. The summed E-state index contributed by atoms with van der Waals surface area (Å²) < 4.78 is 0. The Bertz CT molecular complexity index is 1430. The average Bonchev–Trinajstić information content (AvgIpc) is 3.27. The Morgan fingerprint density at radius 3 is 2.66 bits per heavy atom. The minimum Gasteiger partial charge on any atom is -0.383 e. The second-order valence-corrected chi connectivity index (χ2v) is 8.10. The first-order valence-corrected chi connectivity index (χ1v) is 11.0. The van der Waals surface area contributed by atoms with Crippen molar-refractivity contribution >= 4 is 49.5 Å². The first-order chi connectivity index (χ1) is 15.7. The molecule has 0 bridgehead atoms. The standard InChI is InChI=1S/C24H19N5O2S/c30-29(31)18-8-3-7-17(13-18)20-14-32-24-22(20)23(27-15-28-24)26-12-11-25-21-10-4-6-16-5-1-2-9-19(16)21/h1-10,13-15,25H,11-12H2,(H,26,27,28). The number of nitro groups is 1. The highest BCUT2D eigenvalue weighted by molar-refractivity contribution is 7.17. The summed E-state index contributed by atoms with van der Waals surface area (Å²) in [6.07, 6.45) is 1.54. The number of thiophene rings is 1. The van der Waals surface area contributed by atoms with Crippen LogP contribution in [0.4, 0.5) is 17.2 Å². The molecule has 0 amide bonds. The van der Waals surface area contributed by atoms with Gasteiger partial charge in [0, 0.05) is 47.2 Å². The van der Waals surface area contributed by atoms with Gasteiger partial charge in [0.05, 0.1) is 10.3 Å². The van der Waals surface area contributed by atoms with Crippen LogP contribution in [-0.2, 0) is 0 Å². The summed E-state index contributed by atoms with van der Waals surface area (Å²) in [6, 6.07) is 21.1. The number of fused-ring (bicyclic) bond motifs is 2. The molecule has 0 atom stereocenters. The minimum absolute atomic E-state index is 0.0625. The number of aromatic nitrogens is 2. The van der Waals surface area contributed by atoms with E-state index in [0.29, 0.717) is 13.1 Å². The zero-order valence-corrected chi connectivity index (χ0v) is 17.8. The topological polar surface area (TPSA) is 93.0 Å². The molecule has 0 saturated heterocycles. The minimum atomic E-state index is -0.382. The molecule has 8 heteroatoms. The molecule has 3 aromatic carbocycles. The van der Waals surface area contributed by atoms with E-state index in [1.54, 1.807) is 12.1 Å². The number of anilines is 2. The largest absolute Gasteiger partial charge is 0.383 e. The first-order valence-electron chi connectivity index (χ1n) is 10.1. The molecule has 5 aromatic rings. The van der Waals surface area contributed by atoms with Crippen molar-refractivity contribution in [3.8, 4) is 11.1 Å². The van der Waals surface area contributed by atoms with Gasteiger partial charge in [-0.2, -0.15) is 0 Å². The number of nitrogens with zero attached hydrogens (tertiary/aromatic N) is 3. The lowest BCUT2D eigenvalue weighted by atomic mass is 10.1. The van der Waals surface area contributed by atoms with Crippen LogP contribution in [-0.4, -0.2) is 28.0 Å². The lowest BCUT2D eigenvalue weighted by Gasteiger charge is -2.12. The van der Waals surface area contributed by atoms with Gasteiger partial charge in [0.2, 0.25) is 0 Å². The van der Waals surface area contributed by atoms with Crippen LogP contribution in [0.25, 0.3) is 32.1 Å². The molecule has 0 spiro atoms. The second kappa shape index (κ2) is 8.60. The molecule has 0 saturated carbocycles. The number of hydrogen-bond acceptors (Lipinski definition) is 7. The number of hydrogen-bond donors (Lipinski definition) is 2. The van der Waals surface area contributed by atoms with Crippen LogP contribution in [0.15, 0.2) is 78.4 Å². The zero-order valence-electron chi connectivity index (χ0n) is 17.0. The molecule has 0 aliphatic heterocycles. The van der Waals surface area contributed by atoms with E-state index in [-0.39, 0.29) is 10.6 Å². The van der Waals surface area contributed by atoms with E-state index < -0.39 is 0 Å². The van der Waals surface area contributed by atoms with Crippen LogP contribution in [0, 0.1) is 10.1 Å². The highest BCUT2D eigenvalue weighted by Crippen LogP contribution is 2.37. The van der Waals surface area contributed by atoms with Crippen LogP contribution in [0.5, 0.6) is 0 Å². The van der Waals surface area contributed by atoms with Crippen LogP contribution >= 0.6 is 11.3 Å². The molecular weight excluding hydrogens is 422 g/mol.